The van der Waals surface area contributed by atoms with Gasteiger partial charge in [-0.1, -0.05) is 31.4 Å². The Morgan fingerprint density at radius 3 is 2.63 bits per heavy atom. The molecule has 2 atom stereocenters. The van der Waals surface area contributed by atoms with Crippen LogP contribution in [0, 0.1) is 5.92 Å². The van der Waals surface area contributed by atoms with E-state index in [4.69, 9.17) is 28.2 Å². The van der Waals surface area contributed by atoms with Crippen molar-refractivity contribution in [2.45, 2.75) is 65.1 Å². The summed E-state index contributed by atoms with van der Waals surface area (Å²) in [6.07, 6.45) is 5.01. The highest BCUT2D eigenvalue weighted by Gasteiger charge is 2.25. The molecule has 0 bridgehead atoms. The summed E-state index contributed by atoms with van der Waals surface area (Å²) in [5.41, 5.74) is 0.853. The van der Waals surface area contributed by atoms with Gasteiger partial charge in [-0.15, -0.1) is 10.2 Å². The molecule has 27 heavy (non-hydrogen) atoms. The Labute approximate surface area is 171 Å². The van der Waals surface area contributed by atoms with E-state index in [0.717, 1.165) is 10.7 Å². The Hall–Kier alpha value is -1.66. The molecule has 3 rings (SSSR count). The van der Waals surface area contributed by atoms with E-state index >= 15 is 0 Å². The second-order valence-corrected chi connectivity index (χ2v) is 8.37. The van der Waals surface area contributed by atoms with E-state index in [1.807, 2.05) is 24.3 Å². The molecule has 0 radical (unpaired) electrons. The maximum atomic E-state index is 5.94. The zero-order valence-electron chi connectivity index (χ0n) is 16.1. The number of benzene rings is 1. The highest BCUT2D eigenvalue weighted by molar-refractivity contribution is 7.80. The molecule has 1 aliphatic carbocycles. The fourth-order valence-corrected chi connectivity index (χ4v) is 3.99. The molecule has 0 spiro atoms. The fourth-order valence-electron chi connectivity index (χ4n) is 3.43. The molecule has 7 heteroatoms. The lowest BCUT2D eigenvalue weighted by Gasteiger charge is -2.35. The molecule has 1 saturated carbocycles. The van der Waals surface area contributed by atoms with Crippen LogP contribution in [-0.2, 0) is 6.54 Å². The minimum absolute atomic E-state index is 0.231. The molecule has 0 saturated heterocycles. The third-order valence-corrected chi connectivity index (χ3v) is 5.77. The summed E-state index contributed by atoms with van der Waals surface area (Å²) < 4.78 is 5.86. The Kier molecular flexibility index (Phi) is 6.71. The van der Waals surface area contributed by atoms with Gasteiger partial charge < -0.3 is 14.6 Å². The van der Waals surface area contributed by atoms with Crippen LogP contribution in [0.15, 0.2) is 28.7 Å². The van der Waals surface area contributed by atoms with Crippen LogP contribution in [0.2, 0.25) is 5.02 Å². The second-order valence-electron chi connectivity index (χ2n) is 7.55. The quantitative estimate of drug-likeness (QED) is 0.701. The number of thiocarbonyl (C=S) groups is 1. The number of hydrogen-bond acceptors (Lipinski definition) is 4. The van der Waals surface area contributed by atoms with E-state index in [9.17, 15) is 0 Å². The van der Waals surface area contributed by atoms with Crippen molar-refractivity contribution >= 4 is 28.9 Å². The number of nitrogens with one attached hydrogen (secondary N) is 1. The van der Waals surface area contributed by atoms with Crippen molar-refractivity contribution in [1.82, 2.24) is 20.4 Å². The largest absolute Gasteiger partial charge is 0.419 e. The average molecular weight is 407 g/mol. The Bertz CT molecular complexity index is 762. The van der Waals surface area contributed by atoms with Gasteiger partial charge in [0.2, 0.25) is 11.8 Å². The van der Waals surface area contributed by atoms with Gasteiger partial charge >= 0.3 is 0 Å². The summed E-state index contributed by atoms with van der Waals surface area (Å²) in [6.45, 7) is 7.03. The molecule has 1 aromatic carbocycles. The summed E-state index contributed by atoms with van der Waals surface area (Å²) in [5, 5.41) is 13.4. The summed E-state index contributed by atoms with van der Waals surface area (Å²) in [5.74, 6) is 1.69. The predicted molar refractivity (Wildman–Crippen MR) is 113 cm³/mol. The van der Waals surface area contributed by atoms with Crippen LogP contribution in [-0.4, -0.2) is 32.3 Å². The Balaban J connectivity index is 1.67. The van der Waals surface area contributed by atoms with Gasteiger partial charge in [0.15, 0.2) is 5.11 Å². The van der Waals surface area contributed by atoms with Gasteiger partial charge in [0, 0.05) is 22.7 Å². The molecule has 1 heterocycles. The van der Waals surface area contributed by atoms with Gasteiger partial charge in [-0.2, -0.15) is 0 Å². The molecule has 0 amide bonds. The minimum Gasteiger partial charge on any atom is -0.419 e. The van der Waals surface area contributed by atoms with Gasteiger partial charge in [-0.25, -0.2) is 0 Å². The number of aromatic nitrogens is 2. The summed E-state index contributed by atoms with van der Waals surface area (Å²) in [4.78, 5) is 2.11. The summed E-state index contributed by atoms with van der Waals surface area (Å²) in [7, 11) is 0. The first kappa shape index (κ1) is 20.1. The highest BCUT2D eigenvalue weighted by atomic mass is 35.5. The third-order valence-electron chi connectivity index (χ3n) is 5.17. The van der Waals surface area contributed by atoms with Crippen LogP contribution in [0.1, 0.15) is 52.3 Å². The maximum absolute atomic E-state index is 5.94. The van der Waals surface area contributed by atoms with E-state index in [2.05, 4.69) is 41.2 Å². The van der Waals surface area contributed by atoms with Crippen LogP contribution < -0.4 is 5.32 Å². The third kappa shape index (κ3) is 5.20. The van der Waals surface area contributed by atoms with Gasteiger partial charge in [0.1, 0.15) is 0 Å². The summed E-state index contributed by atoms with van der Waals surface area (Å²) >= 11 is 11.6. The first-order valence-electron chi connectivity index (χ1n) is 9.59. The van der Waals surface area contributed by atoms with E-state index in [1.165, 1.54) is 25.7 Å². The van der Waals surface area contributed by atoms with Crippen molar-refractivity contribution in [3.05, 3.63) is 35.2 Å². The topological polar surface area (TPSA) is 54.2 Å². The fraction of sp³-hybridized carbons (Fsp3) is 0.550. The molecule has 1 aliphatic rings. The second kappa shape index (κ2) is 9.02. The van der Waals surface area contributed by atoms with Crippen molar-refractivity contribution in [1.29, 1.82) is 0 Å². The maximum Gasteiger partial charge on any atom is 0.247 e. The number of halogens is 1. The molecule has 1 N–H and O–H groups in total. The lowest BCUT2D eigenvalue weighted by molar-refractivity contribution is 0.270. The van der Waals surface area contributed by atoms with E-state index in [0.29, 0.717) is 35.3 Å². The zero-order valence-corrected chi connectivity index (χ0v) is 17.7. The number of hydrogen-bond donors (Lipinski definition) is 1. The Morgan fingerprint density at radius 2 is 1.96 bits per heavy atom. The molecular formula is C20H27ClN4OS. The highest BCUT2D eigenvalue weighted by Crippen LogP contribution is 2.25. The minimum atomic E-state index is 0.231. The molecule has 2 aromatic rings. The van der Waals surface area contributed by atoms with Gasteiger partial charge in [0.05, 0.1) is 6.54 Å². The molecule has 146 valence electrons. The molecule has 1 aromatic heterocycles. The normalized spacial score (nSPS) is 19.9. The molecule has 0 aliphatic heterocycles. The zero-order chi connectivity index (χ0) is 19.4. The molecule has 5 nitrogen and oxygen atoms in total. The van der Waals surface area contributed by atoms with E-state index < -0.39 is 0 Å². The van der Waals surface area contributed by atoms with E-state index in [-0.39, 0.29) is 6.04 Å². The SMILES string of the molecule is CC(C)N(Cc1nnc(-c2ccc(Cl)cc2)o1)C(=S)N[C@@H]1CCCC[C@@H]1C. The van der Waals surface area contributed by atoms with Crippen molar-refractivity contribution in [2.75, 3.05) is 0 Å². The van der Waals surface area contributed by atoms with Gasteiger partial charge in [0.25, 0.3) is 0 Å². The molecule has 0 unspecified atom stereocenters. The van der Waals surface area contributed by atoms with E-state index in [1.54, 1.807) is 0 Å². The van der Waals surface area contributed by atoms with Crippen molar-refractivity contribution in [2.24, 2.45) is 5.92 Å². The van der Waals surface area contributed by atoms with Crippen LogP contribution in [0.5, 0.6) is 0 Å². The molecular weight excluding hydrogens is 380 g/mol. The number of rotatable bonds is 5. The van der Waals surface area contributed by atoms with Crippen molar-refractivity contribution in [3.8, 4) is 11.5 Å². The standard InChI is InChI=1S/C20H27ClN4OS/c1-13(2)25(20(27)22-17-7-5-4-6-14(17)3)12-18-23-24-19(26-18)15-8-10-16(21)11-9-15/h8-11,13-14,17H,4-7,12H2,1-3H3,(H,22,27)/t14-,17+/m0/s1. The predicted octanol–water partition coefficient (Wildman–Crippen LogP) is 5.05. The van der Waals surface area contributed by atoms with Gasteiger partial charge in [-0.3, -0.25) is 0 Å². The van der Waals surface area contributed by atoms with Crippen LogP contribution in [0.4, 0.5) is 0 Å². The number of nitrogens with zero attached hydrogens (tertiary/aromatic N) is 3. The van der Waals surface area contributed by atoms with Crippen LogP contribution >= 0.6 is 23.8 Å². The van der Waals surface area contributed by atoms with Crippen LogP contribution in [0.25, 0.3) is 11.5 Å². The van der Waals surface area contributed by atoms with Gasteiger partial charge in [-0.05, 0) is 69.1 Å². The molecule has 1 fully saturated rings. The van der Waals surface area contributed by atoms with Crippen molar-refractivity contribution in [3.63, 3.8) is 0 Å². The lowest BCUT2D eigenvalue weighted by atomic mass is 9.86. The van der Waals surface area contributed by atoms with Crippen molar-refractivity contribution < 1.29 is 4.42 Å². The first-order chi connectivity index (χ1) is 12.9. The lowest BCUT2D eigenvalue weighted by Crippen LogP contribution is -2.49. The van der Waals surface area contributed by atoms with Crippen LogP contribution in [0.3, 0.4) is 0 Å². The Morgan fingerprint density at radius 1 is 1.26 bits per heavy atom. The average Bonchev–Trinajstić information content (AvgIpc) is 3.10. The monoisotopic (exact) mass is 406 g/mol. The first-order valence-corrected chi connectivity index (χ1v) is 10.4. The smallest absolute Gasteiger partial charge is 0.247 e. The summed E-state index contributed by atoms with van der Waals surface area (Å²) in [6, 6.07) is 8.04.